The molecule has 0 aliphatic heterocycles. The molecule has 1 atom stereocenters. The highest BCUT2D eigenvalue weighted by Gasteiger charge is 2.44. The fourth-order valence-corrected chi connectivity index (χ4v) is 4.85. The van der Waals surface area contributed by atoms with E-state index < -0.39 is 18.1 Å². The van der Waals surface area contributed by atoms with Crippen LogP contribution < -0.4 is 9.64 Å². The lowest BCUT2D eigenvalue weighted by molar-refractivity contribution is -0.169. The molecule has 0 aliphatic carbocycles. The maximum atomic E-state index is 13.8. The summed E-state index contributed by atoms with van der Waals surface area (Å²) in [4.78, 5) is 24.9. The molecule has 1 amide bonds. The van der Waals surface area contributed by atoms with Gasteiger partial charge in [-0.15, -0.1) is 0 Å². The van der Waals surface area contributed by atoms with Gasteiger partial charge in [-0.05, 0) is 60.2 Å². The van der Waals surface area contributed by atoms with Crippen LogP contribution in [-0.4, -0.2) is 36.8 Å². The summed E-state index contributed by atoms with van der Waals surface area (Å²) < 4.78 is 48.9. The lowest BCUT2D eigenvalue weighted by atomic mass is 10.0. The molecule has 0 spiro atoms. The van der Waals surface area contributed by atoms with E-state index >= 15 is 0 Å². The van der Waals surface area contributed by atoms with Crippen molar-refractivity contribution in [2.45, 2.75) is 18.6 Å². The van der Waals surface area contributed by atoms with Crippen LogP contribution in [0.3, 0.4) is 0 Å². The highest BCUT2D eigenvalue weighted by Crippen LogP contribution is 2.35. The molecule has 0 saturated heterocycles. The van der Waals surface area contributed by atoms with Crippen LogP contribution in [0.2, 0.25) is 0 Å². The van der Waals surface area contributed by atoms with Gasteiger partial charge in [0.2, 0.25) is 0 Å². The van der Waals surface area contributed by atoms with Gasteiger partial charge in [0.1, 0.15) is 23.5 Å². The molecule has 3 aromatic heterocycles. The number of benzene rings is 3. The minimum atomic E-state index is -5.15. The fraction of sp³-hybridized carbons (Fsp3) is 0.0938. The first-order chi connectivity index (χ1) is 21.3. The Bertz CT molecular complexity index is 1960. The summed E-state index contributed by atoms with van der Waals surface area (Å²) in [6.45, 7) is 0. The third-order valence-electron chi connectivity index (χ3n) is 6.87. The number of hydrogen-bond acceptors (Lipinski definition) is 6. The Balaban J connectivity index is 1.35. The van der Waals surface area contributed by atoms with Crippen molar-refractivity contribution in [2.24, 2.45) is 0 Å². The number of nitriles is 1. The van der Waals surface area contributed by atoms with Crippen LogP contribution in [0.4, 0.5) is 24.5 Å². The number of alkyl halides is 3. The maximum absolute atomic E-state index is 13.8. The number of hydrogen-bond donors (Lipinski definition) is 1. The van der Waals surface area contributed by atoms with Gasteiger partial charge in [-0.2, -0.15) is 23.5 Å². The smallest absolute Gasteiger partial charge is 0.457 e. The first-order valence-corrected chi connectivity index (χ1v) is 13.4. The lowest BCUT2D eigenvalue weighted by Crippen LogP contribution is -2.38. The number of nitrogens with one attached hydrogen (secondary N) is 1. The Hall–Kier alpha value is -5.96. The standard InChI is InChI=1S/C32H22F3N7O2/c33-32(34,35)31(43)42(23-9-11-26(12-10-23)44-25-7-2-1-3-8-25)24-6-4-5-21(17-24)28(13-15-36)41-19-22(18-40-41)29-27-14-16-37-30(27)39-20-38-29/h1-12,14,16-20,28H,13H2,(H,37,38,39). The number of carbonyl (C=O) groups is 1. The van der Waals surface area contributed by atoms with Gasteiger partial charge in [0.05, 0.1) is 30.4 Å². The summed E-state index contributed by atoms with van der Waals surface area (Å²) in [5.41, 5.74) is 2.40. The Kier molecular flexibility index (Phi) is 7.51. The molecule has 0 bridgehead atoms. The van der Waals surface area contributed by atoms with Gasteiger partial charge in [-0.1, -0.05) is 30.3 Å². The summed E-state index contributed by atoms with van der Waals surface area (Å²) in [6, 6.07) is 24.0. The lowest BCUT2D eigenvalue weighted by Gasteiger charge is -2.25. The van der Waals surface area contributed by atoms with E-state index in [2.05, 4.69) is 26.1 Å². The zero-order valence-corrected chi connectivity index (χ0v) is 22.8. The van der Waals surface area contributed by atoms with Crippen molar-refractivity contribution < 1.29 is 22.7 Å². The van der Waals surface area contributed by atoms with Gasteiger partial charge in [-0.3, -0.25) is 14.4 Å². The van der Waals surface area contributed by atoms with Crippen LogP contribution >= 0.6 is 0 Å². The third-order valence-corrected chi connectivity index (χ3v) is 6.87. The number of anilines is 2. The van der Waals surface area contributed by atoms with Crippen molar-refractivity contribution in [2.75, 3.05) is 4.90 Å². The molecule has 44 heavy (non-hydrogen) atoms. The number of ether oxygens (including phenoxy) is 1. The number of aromatic nitrogens is 5. The Morgan fingerprint density at radius 1 is 0.977 bits per heavy atom. The quantitative estimate of drug-likeness (QED) is 0.198. The van der Waals surface area contributed by atoms with Crippen LogP contribution in [0.15, 0.2) is 110 Å². The highest BCUT2D eigenvalue weighted by atomic mass is 19.4. The van der Waals surface area contributed by atoms with Crippen molar-refractivity contribution in [1.29, 1.82) is 5.26 Å². The SMILES string of the molecule is N#CCC(c1cccc(N(C(=O)C(F)(F)F)c2ccc(Oc3ccccc3)cc2)c1)n1cc(-c2ncnc3[nH]ccc23)cn1. The van der Waals surface area contributed by atoms with E-state index in [1.807, 2.05) is 12.1 Å². The predicted molar refractivity (Wildman–Crippen MR) is 156 cm³/mol. The van der Waals surface area contributed by atoms with E-state index in [1.54, 1.807) is 53.6 Å². The van der Waals surface area contributed by atoms with Crippen LogP contribution in [0.1, 0.15) is 18.0 Å². The zero-order valence-electron chi connectivity index (χ0n) is 22.8. The van der Waals surface area contributed by atoms with E-state index in [1.165, 1.54) is 48.8 Å². The molecular weight excluding hydrogens is 571 g/mol. The van der Waals surface area contributed by atoms with Gasteiger partial charge in [0.25, 0.3) is 0 Å². The molecule has 6 rings (SSSR count). The van der Waals surface area contributed by atoms with Gasteiger partial charge < -0.3 is 9.72 Å². The average Bonchev–Trinajstić information content (AvgIpc) is 3.71. The molecule has 0 fully saturated rings. The van der Waals surface area contributed by atoms with Crippen molar-refractivity contribution in [3.8, 4) is 28.8 Å². The number of aromatic amines is 1. The molecule has 3 heterocycles. The zero-order chi connectivity index (χ0) is 30.7. The van der Waals surface area contributed by atoms with Crippen molar-refractivity contribution >= 4 is 28.3 Å². The second kappa shape index (κ2) is 11.7. The Morgan fingerprint density at radius 3 is 2.50 bits per heavy atom. The molecule has 3 aromatic carbocycles. The summed E-state index contributed by atoms with van der Waals surface area (Å²) in [5.74, 6) is -1.13. The van der Waals surface area contributed by atoms with Crippen LogP contribution in [0.25, 0.3) is 22.3 Å². The summed E-state index contributed by atoms with van der Waals surface area (Å²) >= 11 is 0. The summed E-state index contributed by atoms with van der Waals surface area (Å²) in [6.07, 6.45) is 1.30. The Morgan fingerprint density at radius 2 is 1.75 bits per heavy atom. The first-order valence-electron chi connectivity index (χ1n) is 13.4. The second-order valence-corrected chi connectivity index (χ2v) is 9.69. The number of H-pyrrole nitrogens is 1. The van der Waals surface area contributed by atoms with Gasteiger partial charge in [-0.25, -0.2) is 9.97 Å². The predicted octanol–water partition coefficient (Wildman–Crippen LogP) is 7.34. The fourth-order valence-electron chi connectivity index (χ4n) is 4.85. The number of nitrogens with zero attached hydrogens (tertiary/aromatic N) is 6. The minimum Gasteiger partial charge on any atom is -0.457 e. The second-order valence-electron chi connectivity index (χ2n) is 9.69. The minimum absolute atomic E-state index is 0.0117. The van der Waals surface area contributed by atoms with E-state index in [4.69, 9.17) is 4.74 Å². The van der Waals surface area contributed by atoms with E-state index in [0.717, 1.165) is 5.39 Å². The molecule has 6 aromatic rings. The van der Waals surface area contributed by atoms with Crippen LogP contribution in [-0.2, 0) is 4.79 Å². The van der Waals surface area contributed by atoms with Crippen molar-refractivity contribution in [3.05, 3.63) is 115 Å². The van der Waals surface area contributed by atoms with Crippen molar-refractivity contribution in [1.82, 2.24) is 24.7 Å². The maximum Gasteiger partial charge on any atom is 0.472 e. The molecule has 0 saturated carbocycles. The van der Waals surface area contributed by atoms with Gasteiger partial charge in [0, 0.05) is 34.7 Å². The number of para-hydroxylation sites is 1. The number of halogens is 3. The largest absolute Gasteiger partial charge is 0.472 e. The molecule has 9 nitrogen and oxygen atoms in total. The topological polar surface area (TPSA) is 113 Å². The Labute approximate surface area is 248 Å². The number of carbonyl (C=O) groups excluding carboxylic acids is 1. The average molecular weight is 594 g/mol. The summed E-state index contributed by atoms with van der Waals surface area (Å²) in [5, 5.41) is 14.9. The van der Waals surface area contributed by atoms with Crippen LogP contribution in [0.5, 0.6) is 11.5 Å². The first kappa shape index (κ1) is 28.2. The number of rotatable bonds is 8. The molecular formula is C32H22F3N7O2. The molecule has 12 heteroatoms. The number of fused-ring (bicyclic) bond motifs is 1. The molecule has 1 unspecified atom stereocenters. The van der Waals surface area contributed by atoms with E-state index in [0.29, 0.717) is 38.9 Å². The highest BCUT2D eigenvalue weighted by molar-refractivity contribution is 6.03. The molecule has 0 aliphatic rings. The normalized spacial score (nSPS) is 12.0. The monoisotopic (exact) mass is 593 g/mol. The van der Waals surface area contributed by atoms with Crippen LogP contribution in [0, 0.1) is 11.3 Å². The van der Waals surface area contributed by atoms with Gasteiger partial charge in [0.15, 0.2) is 0 Å². The molecule has 1 N–H and O–H groups in total. The van der Waals surface area contributed by atoms with E-state index in [9.17, 15) is 23.2 Å². The van der Waals surface area contributed by atoms with Gasteiger partial charge >= 0.3 is 12.1 Å². The van der Waals surface area contributed by atoms with Crippen molar-refractivity contribution in [3.63, 3.8) is 0 Å². The summed E-state index contributed by atoms with van der Waals surface area (Å²) in [7, 11) is 0. The number of amides is 1. The molecule has 0 radical (unpaired) electrons. The van der Waals surface area contributed by atoms with E-state index in [-0.39, 0.29) is 17.8 Å². The third kappa shape index (κ3) is 5.71. The molecule has 218 valence electrons.